The van der Waals surface area contributed by atoms with E-state index >= 15 is 0 Å². The molecule has 0 amide bonds. The smallest absolute Gasteiger partial charge is 0.192 e. The Morgan fingerprint density at radius 1 is 1.26 bits per heavy atom. The van der Waals surface area contributed by atoms with Crippen LogP contribution in [0.3, 0.4) is 0 Å². The van der Waals surface area contributed by atoms with Crippen LogP contribution in [0.15, 0.2) is 4.99 Å². The average Bonchev–Trinajstić information content (AvgIpc) is 2.96. The molecule has 4 heteroatoms. The third-order valence-corrected chi connectivity index (χ3v) is 9.38. The van der Waals surface area contributed by atoms with E-state index in [-0.39, 0.29) is 11.1 Å². The number of rotatable bonds is 4. The summed E-state index contributed by atoms with van der Waals surface area (Å²) in [6.45, 7) is 12.9. The van der Waals surface area contributed by atoms with Crippen molar-refractivity contribution in [2.45, 2.75) is 70.6 Å². The third-order valence-electron chi connectivity index (χ3n) is 4.88. The van der Waals surface area contributed by atoms with Crippen LogP contribution >= 0.6 is 0 Å². The molecule has 110 valence electrons. The van der Waals surface area contributed by atoms with E-state index in [1.807, 2.05) is 0 Å². The Morgan fingerprint density at radius 3 is 2.47 bits per heavy atom. The monoisotopic (exact) mass is 283 g/mol. The van der Waals surface area contributed by atoms with E-state index in [0.717, 1.165) is 19.1 Å². The first-order valence-corrected chi connectivity index (χ1v) is 10.5. The lowest BCUT2D eigenvalue weighted by molar-refractivity contribution is 0.224. The number of hydrogen-bond donors (Lipinski definition) is 0. The van der Waals surface area contributed by atoms with Crippen LogP contribution in [-0.2, 0) is 9.16 Å². The molecule has 0 radical (unpaired) electrons. The molecular formula is C15H29NO2Si. The standard InChI is InChI=1S/C15H29NO2Si/c1-15(2,3)19(4,5)18-11-13-10-17-14(16-13)12-8-6-7-9-12/h12-13H,6-11H2,1-5H3/t13-/m1/s1. The van der Waals surface area contributed by atoms with Gasteiger partial charge in [-0.25, -0.2) is 4.99 Å². The van der Waals surface area contributed by atoms with Gasteiger partial charge in [-0.2, -0.15) is 0 Å². The Kier molecular flexibility index (Phi) is 4.41. The second-order valence-corrected chi connectivity index (χ2v) is 12.3. The van der Waals surface area contributed by atoms with E-state index in [9.17, 15) is 0 Å². The van der Waals surface area contributed by atoms with Crippen LogP contribution < -0.4 is 0 Å². The zero-order valence-electron chi connectivity index (χ0n) is 13.2. The molecule has 1 aliphatic heterocycles. The van der Waals surface area contributed by atoms with Crippen molar-refractivity contribution in [3.63, 3.8) is 0 Å². The highest BCUT2D eigenvalue weighted by atomic mass is 28.4. The topological polar surface area (TPSA) is 30.8 Å². The molecule has 0 aromatic heterocycles. The first-order valence-electron chi connectivity index (χ1n) is 7.64. The summed E-state index contributed by atoms with van der Waals surface area (Å²) in [6.07, 6.45) is 5.18. The normalized spacial score (nSPS) is 25.5. The number of ether oxygens (including phenoxy) is 1. The van der Waals surface area contributed by atoms with Gasteiger partial charge >= 0.3 is 0 Å². The van der Waals surface area contributed by atoms with Gasteiger partial charge in [0.2, 0.25) is 0 Å². The van der Waals surface area contributed by atoms with Crippen LogP contribution in [0.25, 0.3) is 0 Å². The van der Waals surface area contributed by atoms with Crippen molar-refractivity contribution >= 4 is 14.2 Å². The first-order chi connectivity index (χ1) is 8.79. The van der Waals surface area contributed by atoms with Gasteiger partial charge in [-0.15, -0.1) is 0 Å². The van der Waals surface area contributed by atoms with Gasteiger partial charge in [-0.05, 0) is 31.0 Å². The first kappa shape index (κ1) is 15.0. The van der Waals surface area contributed by atoms with Crippen molar-refractivity contribution in [1.82, 2.24) is 0 Å². The highest BCUT2D eigenvalue weighted by Gasteiger charge is 2.38. The number of nitrogens with zero attached hydrogens (tertiary/aromatic N) is 1. The summed E-state index contributed by atoms with van der Waals surface area (Å²) in [6, 6.07) is 0.227. The van der Waals surface area contributed by atoms with Crippen LogP contribution in [0.1, 0.15) is 46.5 Å². The van der Waals surface area contributed by atoms with Crippen LogP contribution in [0, 0.1) is 5.92 Å². The Morgan fingerprint density at radius 2 is 1.89 bits per heavy atom. The SMILES string of the molecule is CC(C)(C)[Si](C)(C)OC[C@H]1COC(C2CCCC2)=N1. The van der Waals surface area contributed by atoms with Gasteiger partial charge in [-0.1, -0.05) is 33.6 Å². The van der Waals surface area contributed by atoms with Gasteiger partial charge in [0, 0.05) is 5.92 Å². The van der Waals surface area contributed by atoms with Gasteiger partial charge in [0.05, 0.1) is 6.61 Å². The largest absolute Gasteiger partial charge is 0.478 e. The number of aliphatic imine (C=N–C) groups is 1. The minimum atomic E-state index is -1.65. The Balaban J connectivity index is 1.85. The van der Waals surface area contributed by atoms with E-state index in [1.165, 1.54) is 25.7 Å². The Labute approximate surface area is 118 Å². The predicted molar refractivity (Wildman–Crippen MR) is 82.3 cm³/mol. The fourth-order valence-electron chi connectivity index (χ4n) is 2.44. The van der Waals surface area contributed by atoms with E-state index in [4.69, 9.17) is 14.2 Å². The summed E-state index contributed by atoms with van der Waals surface area (Å²) >= 11 is 0. The van der Waals surface area contributed by atoms with Crippen molar-refractivity contribution < 1.29 is 9.16 Å². The molecule has 1 atom stereocenters. The molecule has 3 nitrogen and oxygen atoms in total. The fourth-order valence-corrected chi connectivity index (χ4v) is 3.48. The maximum Gasteiger partial charge on any atom is 0.192 e. The second kappa shape index (κ2) is 5.56. The highest BCUT2D eigenvalue weighted by molar-refractivity contribution is 6.74. The molecule has 1 heterocycles. The molecule has 0 unspecified atom stereocenters. The molecule has 19 heavy (non-hydrogen) atoms. The van der Waals surface area contributed by atoms with E-state index < -0.39 is 8.32 Å². The summed E-state index contributed by atoms with van der Waals surface area (Å²) in [5, 5.41) is 0.268. The zero-order chi connectivity index (χ0) is 14.1. The lowest BCUT2D eigenvalue weighted by Gasteiger charge is -2.36. The minimum absolute atomic E-state index is 0.227. The maximum absolute atomic E-state index is 6.24. The second-order valence-electron chi connectivity index (χ2n) is 7.48. The van der Waals surface area contributed by atoms with Crippen molar-refractivity contribution in [1.29, 1.82) is 0 Å². The molecule has 1 saturated carbocycles. The van der Waals surface area contributed by atoms with Crippen molar-refractivity contribution in [2.75, 3.05) is 13.2 Å². The van der Waals surface area contributed by atoms with Gasteiger partial charge in [0.1, 0.15) is 12.6 Å². The summed E-state index contributed by atoms with van der Waals surface area (Å²) < 4.78 is 12.0. The predicted octanol–water partition coefficient (Wildman–Crippen LogP) is 4.00. The van der Waals surface area contributed by atoms with Crippen molar-refractivity contribution in [3.8, 4) is 0 Å². The van der Waals surface area contributed by atoms with E-state index in [0.29, 0.717) is 5.92 Å². The van der Waals surface area contributed by atoms with Gasteiger partial charge in [0.15, 0.2) is 14.2 Å². The van der Waals surface area contributed by atoms with Gasteiger partial charge in [-0.3, -0.25) is 0 Å². The summed E-state index contributed by atoms with van der Waals surface area (Å²) in [5.41, 5.74) is 0. The molecule has 2 aliphatic rings. The van der Waals surface area contributed by atoms with Crippen LogP contribution in [0.5, 0.6) is 0 Å². The van der Waals surface area contributed by atoms with Crippen molar-refractivity contribution in [2.24, 2.45) is 10.9 Å². The Hall–Kier alpha value is -0.353. The third kappa shape index (κ3) is 3.60. The summed E-state index contributed by atoms with van der Waals surface area (Å²) in [4.78, 5) is 4.75. The lowest BCUT2D eigenvalue weighted by atomic mass is 10.1. The molecule has 0 bridgehead atoms. The van der Waals surface area contributed by atoms with Gasteiger partial charge < -0.3 is 9.16 Å². The molecule has 0 saturated heterocycles. The molecular weight excluding hydrogens is 254 g/mol. The molecule has 0 aromatic carbocycles. The van der Waals surface area contributed by atoms with Crippen molar-refractivity contribution in [3.05, 3.63) is 0 Å². The van der Waals surface area contributed by atoms with Gasteiger partial charge in [0.25, 0.3) is 0 Å². The lowest BCUT2D eigenvalue weighted by Crippen LogP contribution is -2.42. The fraction of sp³-hybridized carbons (Fsp3) is 0.933. The van der Waals surface area contributed by atoms with Crippen LogP contribution in [0.4, 0.5) is 0 Å². The molecule has 0 spiro atoms. The molecule has 1 fully saturated rings. The van der Waals surface area contributed by atoms with Crippen LogP contribution in [0.2, 0.25) is 18.1 Å². The average molecular weight is 283 g/mol. The summed E-state index contributed by atoms with van der Waals surface area (Å²) in [7, 11) is -1.65. The number of hydrogen-bond acceptors (Lipinski definition) is 3. The molecule has 0 N–H and O–H groups in total. The summed E-state index contributed by atoms with van der Waals surface area (Å²) in [5.74, 6) is 1.61. The minimum Gasteiger partial charge on any atom is -0.478 e. The quantitative estimate of drug-likeness (QED) is 0.730. The molecule has 2 rings (SSSR count). The molecule has 1 aliphatic carbocycles. The van der Waals surface area contributed by atoms with E-state index in [1.54, 1.807) is 0 Å². The Bertz CT molecular complexity index is 341. The van der Waals surface area contributed by atoms with E-state index in [2.05, 4.69) is 33.9 Å². The van der Waals surface area contributed by atoms with Crippen LogP contribution in [-0.4, -0.2) is 33.5 Å². The molecule has 0 aromatic rings. The maximum atomic E-state index is 6.24. The zero-order valence-corrected chi connectivity index (χ0v) is 14.2. The highest BCUT2D eigenvalue weighted by Crippen LogP contribution is 2.37.